The molecule has 4 nitrogen and oxygen atoms in total. The van der Waals surface area contributed by atoms with Gasteiger partial charge in [0.15, 0.2) is 0 Å². The van der Waals surface area contributed by atoms with E-state index in [4.69, 9.17) is 11.6 Å². The smallest absolute Gasteiger partial charge is 0.270 e. The number of rotatable bonds is 4. The zero-order valence-electron chi connectivity index (χ0n) is 12.5. The summed E-state index contributed by atoms with van der Waals surface area (Å²) in [6.45, 7) is 7.09. The van der Waals surface area contributed by atoms with Gasteiger partial charge in [0.25, 0.3) is 5.91 Å². The first-order valence-electron chi connectivity index (χ1n) is 7.32. The molecule has 0 atom stereocenters. The highest BCUT2D eigenvalue weighted by Gasteiger charge is 2.25. The number of halogens is 1. The predicted molar refractivity (Wildman–Crippen MR) is 82.2 cm³/mol. The standard InChI is InChI=1S/C15H24ClN3O/c1-11(2)19(9-12-4-6-17-7-5-12)15(20)14-8-13(16)10-18(14)3/h8,10-12,17H,4-7,9H2,1-3H3. The van der Waals surface area contributed by atoms with E-state index in [0.29, 0.717) is 16.6 Å². The van der Waals surface area contributed by atoms with Crippen LogP contribution in [0.2, 0.25) is 5.02 Å². The molecule has 0 aromatic carbocycles. The van der Waals surface area contributed by atoms with Crippen molar-refractivity contribution in [1.29, 1.82) is 0 Å². The molecule has 1 fully saturated rings. The largest absolute Gasteiger partial charge is 0.345 e. The number of nitrogens with zero attached hydrogens (tertiary/aromatic N) is 2. The molecular weight excluding hydrogens is 274 g/mol. The number of carbonyl (C=O) groups excluding carboxylic acids is 1. The zero-order chi connectivity index (χ0) is 14.7. The van der Waals surface area contributed by atoms with Crippen LogP contribution >= 0.6 is 11.6 Å². The molecule has 0 spiro atoms. The summed E-state index contributed by atoms with van der Waals surface area (Å²) in [5, 5.41) is 3.98. The maximum Gasteiger partial charge on any atom is 0.270 e. The van der Waals surface area contributed by atoms with Crippen molar-refractivity contribution < 1.29 is 4.79 Å². The number of aryl methyl sites for hydroxylation is 1. The highest BCUT2D eigenvalue weighted by Crippen LogP contribution is 2.19. The van der Waals surface area contributed by atoms with E-state index < -0.39 is 0 Å². The molecule has 2 rings (SSSR count). The molecule has 1 N–H and O–H groups in total. The molecule has 1 aromatic heterocycles. The van der Waals surface area contributed by atoms with Crippen molar-refractivity contribution in [2.75, 3.05) is 19.6 Å². The molecule has 20 heavy (non-hydrogen) atoms. The van der Waals surface area contributed by atoms with E-state index in [1.807, 2.05) is 16.5 Å². The van der Waals surface area contributed by atoms with Crippen molar-refractivity contribution >= 4 is 17.5 Å². The maximum atomic E-state index is 12.7. The second-order valence-electron chi connectivity index (χ2n) is 5.90. The minimum atomic E-state index is 0.0768. The van der Waals surface area contributed by atoms with E-state index in [1.165, 1.54) is 0 Å². The zero-order valence-corrected chi connectivity index (χ0v) is 13.3. The minimum absolute atomic E-state index is 0.0768. The summed E-state index contributed by atoms with van der Waals surface area (Å²) in [5.74, 6) is 0.672. The summed E-state index contributed by atoms with van der Waals surface area (Å²) in [6, 6.07) is 1.95. The summed E-state index contributed by atoms with van der Waals surface area (Å²) in [7, 11) is 1.86. The van der Waals surface area contributed by atoms with Crippen molar-refractivity contribution in [3.63, 3.8) is 0 Å². The fraction of sp³-hybridized carbons (Fsp3) is 0.667. The van der Waals surface area contributed by atoms with Crippen molar-refractivity contribution in [2.45, 2.75) is 32.7 Å². The van der Waals surface area contributed by atoms with E-state index in [1.54, 1.807) is 12.3 Å². The van der Waals surface area contributed by atoms with Crippen LogP contribution in [0.4, 0.5) is 0 Å². The van der Waals surface area contributed by atoms with Gasteiger partial charge in [-0.15, -0.1) is 0 Å². The lowest BCUT2D eigenvalue weighted by atomic mass is 9.97. The Hall–Kier alpha value is -1.00. The fourth-order valence-electron chi connectivity index (χ4n) is 2.75. The number of piperidine rings is 1. The van der Waals surface area contributed by atoms with Crippen LogP contribution in [-0.2, 0) is 7.05 Å². The fourth-order valence-corrected chi connectivity index (χ4v) is 3.00. The third-order valence-corrected chi connectivity index (χ3v) is 4.20. The summed E-state index contributed by atoms with van der Waals surface area (Å²) in [4.78, 5) is 14.7. The second kappa shape index (κ2) is 6.64. The van der Waals surface area contributed by atoms with E-state index in [0.717, 1.165) is 32.5 Å². The molecule has 2 heterocycles. The van der Waals surface area contributed by atoms with Crippen LogP contribution in [0.5, 0.6) is 0 Å². The van der Waals surface area contributed by atoms with Gasteiger partial charge < -0.3 is 14.8 Å². The molecule has 0 unspecified atom stereocenters. The Balaban J connectivity index is 2.11. The Labute approximate surface area is 126 Å². The van der Waals surface area contributed by atoms with Gasteiger partial charge in [0.2, 0.25) is 0 Å². The van der Waals surface area contributed by atoms with E-state index >= 15 is 0 Å². The minimum Gasteiger partial charge on any atom is -0.345 e. The third kappa shape index (κ3) is 3.55. The van der Waals surface area contributed by atoms with Crippen LogP contribution in [0, 0.1) is 5.92 Å². The highest BCUT2D eigenvalue weighted by molar-refractivity contribution is 6.31. The van der Waals surface area contributed by atoms with Gasteiger partial charge in [-0.25, -0.2) is 0 Å². The van der Waals surface area contributed by atoms with E-state index in [9.17, 15) is 4.79 Å². The van der Waals surface area contributed by atoms with Crippen LogP contribution in [0.1, 0.15) is 37.2 Å². The Morgan fingerprint density at radius 1 is 1.50 bits per heavy atom. The third-order valence-electron chi connectivity index (χ3n) is 3.99. The number of aromatic nitrogens is 1. The molecule has 0 aliphatic carbocycles. The average molecular weight is 298 g/mol. The van der Waals surface area contributed by atoms with Gasteiger partial charge in [0.05, 0.1) is 5.02 Å². The van der Waals surface area contributed by atoms with Gasteiger partial charge >= 0.3 is 0 Å². The van der Waals surface area contributed by atoms with Gasteiger partial charge in [0.1, 0.15) is 5.69 Å². The van der Waals surface area contributed by atoms with E-state index in [2.05, 4.69) is 19.2 Å². The average Bonchev–Trinajstić information content (AvgIpc) is 2.75. The second-order valence-corrected chi connectivity index (χ2v) is 6.34. The summed E-state index contributed by atoms with van der Waals surface area (Å²) < 4.78 is 1.81. The Kier molecular flexibility index (Phi) is 5.11. The topological polar surface area (TPSA) is 37.3 Å². The lowest BCUT2D eigenvalue weighted by molar-refractivity contribution is 0.0648. The highest BCUT2D eigenvalue weighted by atomic mass is 35.5. The lowest BCUT2D eigenvalue weighted by Gasteiger charge is -2.33. The first kappa shape index (κ1) is 15.4. The van der Waals surface area contributed by atoms with Crippen LogP contribution < -0.4 is 5.32 Å². The number of hydrogen-bond donors (Lipinski definition) is 1. The molecule has 112 valence electrons. The molecule has 0 saturated carbocycles. The number of nitrogens with one attached hydrogen (secondary N) is 1. The molecule has 1 aromatic rings. The van der Waals surface area contributed by atoms with Gasteiger partial charge in [-0.3, -0.25) is 4.79 Å². The number of hydrogen-bond acceptors (Lipinski definition) is 2. The normalized spacial score (nSPS) is 16.6. The van der Waals surface area contributed by atoms with Gasteiger partial charge in [-0.05, 0) is 51.8 Å². The molecule has 1 amide bonds. The quantitative estimate of drug-likeness (QED) is 0.927. The molecule has 5 heteroatoms. The molecule has 0 radical (unpaired) electrons. The van der Waals surface area contributed by atoms with Crippen LogP contribution in [0.25, 0.3) is 0 Å². The molecule has 1 aliphatic rings. The molecule has 0 bridgehead atoms. The molecule has 1 aliphatic heterocycles. The molecule has 1 saturated heterocycles. The Morgan fingerprint density at radius 3 is 2.65 bits per heavy atom. The van der Waals surface area contributed by atoms with Crippen molar-refractivity contribution in [1.82, 2.24) is 14.8 Å². The maximum absolute atomic E-state index is 12.7. The number of amides is 1. The monoisotopic (exact) mass is 297 g/mol. The number of carbonyl (C=O) groups is 1. The van der Waals surface area contributed by atoms with Gasteiger partial charge in [0, 0.05) is 25.8 Å². The summed E-state index contributed by atoms with van der Waals surface area (Å²) in [5.41, 5.74) is 0.664. The van der Waals surface area contributed by atoms with Crippen molar-refractivity contribution in [2.24, 2.45) is 13.0 Å². The van der Waals surface area contributed by atoms with Crippen LogP contribution in [0.3, 0.4) is 0 Å². The van der Waals surface area contributed by atoms with Crippen molar-refractivity contribution in [3.05, 3.63) is 23.0 Å². The summed E-state index contributed by atoms with van der Waals surface area (Å²) in [6.07, 6.45) is 4.06. The van der Waals surface area contributed by atoms with Crippen LogP contribution in [-0.4, -0.2) is 41.1 Å². The first-order valence-corrected chi connectivity index (χ1v) is 7.70. The predicted octanol–water partition coefficient (Wildman–Crippen LogP) is 2.53. The van der Waals surface area contributed by atoms with Crippen molar-refractivity contribution in [3.8, 4) is 0 Å². The SMILES string of the molecule is CC(C)N(CC1CCNCC1)C(=O)c1cc(Cl)cn1C. The van der Waals surface area contributed by atoms with Gasteiger partial charge in [-0.2, -0.15) is 0 Å². The Bertz CT molecular complexity index is 464. The molecular formula is C15H24ClN3O. The first-order chi connectivity index (χ1) is 9.49. The lowest BCUT2D eigenvalue weighted by Crippen LogP contribution is -2.43. The Morgan fingerprint density at radius 2 is 2.15 bits per heavy atom. The van der Waals surface area contributed by atoms with E-state index in [-0.39, 0.29) is 11.9 Å². The van der Waals surface area contributed by atoms with Crippen LogP contribution in [0.15, 0.2) is 12.3 Å². The van der Waals surface area contributed by atoms with Gasteiger partial charge in [-0.1, -0.05) is 11.6 Å². The summed E-state index contributed by atoms with van der Waals surface area (Å²) >= 11 is 5.99.